The fourth-order valence-corrected chi connectivity index (χ4v) is 4.50. The number of nitrogens with zero attached hydrogens (tertiary/aromatic N) is 6. The second kappa shape index (κ2) is 10.0. The number of methoxy groups -OCH3 is 1. The molecule has 1 saturated heterocycles. The Morgan fingerprint density at radius 1 is 0.882 bits per heavy atom. The predicted molar refractivity (Wildman–Crippen MR) is 128 cm³/mol. The average Bonchev–Trinajstić information content (AvgIpc) is 3.34. The lowest BCUT2D eigenvalue weighted by Crippen LogP contribution is -2.48. The van der Waals surface area contributed by atoms with Gasteiger partial charge in [0.1, 0.15) is 17.6 Å². The summed E-state index contributed by atoms with van der Waals surface area (Å²) in [6.07, 6.45) is 0. The van der Waals surface area contributed by atoms with Gasteiger partial charge in [-0.2, -0.15) is 0 Å². The molecule has 5 rings (SSSR count). The number of aromatic nitrogens is 4. The van der Waals surface area contributed by atoms with Gasteiger partial charge in [-0.3, -0.25) is 4.90 Å². The van der Waals surface area contributed by atoms with E-state index in [2.05, 4.69) is 37.5 Å². The number of piperazine rings is 1. The average molecular weight is 459 g/mol. The Morgan fingerprint density at radius 2 is 1.59 bits per heavy atom. The first-order chi connectivity index (χ1) is 16.7. The van der Waals surface area contributed by atoms with Crippen molar-refractivity contribution in [1.29, 1.82) is 0 Å². The van der Waals surface area contributed by atoms with Crippen molar-refractivity contribution in [1.82, 2.24) is 25.1 Å². The first kappa shape index (κ1) is 22.0. The molecule has 0 saturated carbocycles. The highest BCUT2D eigenvalue weighted by atomic mass is 19.1. The van der Waals surface area contributed by atoms with Crippen LogP contribution < -0.4 is 9.64 Å². The standard InChI is InChI=1S/C26H27FN6O/c1-34-22-13-11-21(12-14-22)31-15-17-32(18-16-31)25(23-9-5-6-10-24(23)27)26-28-29-30-33(26)19-20-7-3-2-4-8-20/h2-14,25H,15-19H2,1H3. The first-order valence-electron chi connectivity index (χ1n) is 11.4. The normalized spacial score (nSPS) is 15.3. The van der Waals surface area contributed by atoms with E-state index in [1.165, 1.54) is 6.07 Å². The molecule has 1 aliphatic rings. The number of rotatable bonds is 7. The fourth-order valence-electron chi connectivity index (χ4n) is 4.50. The molecule has 1 atom stereocenters. The Kier molecular flexibility index (Phi) is 6.49. The lowest BCUT2D eigenvalue weighted by molar-refractivity contribution is 0.198. The molecule has 0 spiro atoms. The number of halogens is 1. The van der Waals surface area contributed by atoms with Crippen LogP contribution in [0.2, 0.25) is 0 Å². The van der Waals surface area contributed by atoms with Crippen LogP contribution in [0.3, 0.4) is 0 Å². The molecule has 7 nitrogen and oxygen atoms in total. The Hall–Kier alpha value is -3.78. The highest BCUT2D eigenvalue weighted by Gasteiger charge is 2.32. The third-order valence-corrected chi connectivity index (χ3v) is 6.30. The van der Waals surface area contributed by atoms with E-state index in [0.717, 1.165) is 43.2 Å². The molecule has 8 heteroatoms. The molecule has 2 heterocycles. The summed E-state index contributed by atoms with van der Waals surface area (Å²) < 4.78 is 22.1. The zero-order chi connectivity index (χ0) is 23.3. The summed E-state index contributed by atoms with van der Waals surface area (Å²) in [4.78, 5) is 4.60. The van der Waals surface area contributed by atoms with Crippen LogP contribution in [-0.4, -0.2) is 58.4 Å². The van der Waals surface area contributed by atoms with Gasteiger partial charge >= 0.3 is 0 Å². The van der Waals surface area contributed by atoms with E-state index >= 15 is 4.39 Å². The minimum Gasteiger partial charge on any atom is -0.497 e. The monoisotopic (exact) mass is 458 g/mol. The number of tetrazole rings is 1. The minimum absolute atomic E-state index is 0.251. The number of anilines is 1. The topological polar surface area (TPSA) is 59.3 Å². The van der Waals surface area contributed by atoms with Gasteiger partial charge in [0.05, 0.1) is 13.7 Å². The van der Waals surface area contributed by atoms with Gasteiger partial charge in [-0.15, -0.1) is 5.10 Å². The van der Waals surface area contributed by atoms with Crippen molar-refractivity contribution in [2.24, 2.45) is 0 Å². The van der Waals surface area contributed by atoms with E-state index in [0.29, 0.717) is 17.9 Å². The summed E-state index contributed by atoms with van der Waals surface area (Å²) in [6.45, 7) is 3.67. The smallest absolute Gasteiger partial charge is 0.173 e. The number of hydrogen-bond acceptors (Lipinski definition) is 6. The maximum atomic E-state index is 15.0. The van der Waals surface area contributed by atoms with Crippen molar-refractivity contribution in [2.45, 2.75) is 12.6 Å². The second-order valence-electron chi connectivity index (χ2n) is 8.33. The molecule has 0 radical (unpaired) electrons. The van der Waals surface area contributed by atoms with Crippen LogP contribution >= 0.6 is 0 Å². The maximum absolute atomic E-state index is 15.0. The summed E-state index contributed by atoms with van der Waals surface area (Å²) >= 11 is 0. The molecule has 1 unspecified atom stereocenters. The minimum atomic E-state index is -0.377. The van der Waals surface area contributed by atoms with Gasteiger partial charge in [0.15, 0.2) is 5.82 Å². The van der Waals surface area contributed by atoms with Gasteiger partial charge in [-0.05, 0) is 46.3 Å². The van der Waals surface area contributed by atoms with E-state index < -0.39 is 0 Å². The Morgan fingerprint density at radius 3 is 2.29 bits per heavy atom. The second-order valence-corrected chi connectivity index (χ2v) is 8.33. The van der Waals surface area contributed by atoms with Gasteiger partial charge in [0.2, 0.25) is 0 Å². The predicted octanol–water partition coefficient (Wildman–Crippen LogP) is 3.78. The van der Waals surface area contributed by atoms with Crippen LogP contribution in [0, 0.1) is 5.82 Å². The van der Waals surface area contributed by atoms with E-state index in [1.807, 2.05) is 54.6 Å². The quantitative estimate of drug-likeness (QED) is 0.420. The zero-order valence-corrected chi connectivity index (χ0v) is 19.1. The first-order valence-corrected chi connectivity index (χ1v) is 11.4. The van der Waals surface area contributed by atoms with E-state index in [4.69, 9.17) is 4.74 Å². The summed E-state index contributed by atoms with van der Waals surface area (Å²) in [7, 11) is 1.67. The lowest BCUT2D eigenvalue weighted by atomic mass is 10.0. The number of benzene rings is 3. The largest absolute Gasteiger partial charge is 0.497 e. The Bertz CT molecular complexity index is 1210. The molecule has 4 aromatic rings. The molecular weight excluding hydrogens is 431 g/mol. The highest BCUT2D eigenvalue weighted by Crippen LogP contribution is 2.31. The molecule has 1 aliphatic heterocycles. The van der Waals surface area contributed by atoms with Gasteiger partial charge in [-0.1, -0.05) is 48.5 Å². The van der Waals surface area contributed by atoms with Crippen LogP contribution in [0.15, 0.2) is 78.9 Å². The zero-order valence-electron chi connectivity index (χ0n) is 19.1. The van der Waals surface area contributed by atoms with Gasteiger partial charge < -0.3 is 9.64 Å². The van der Waals surface area contributed by atoms with E-state index in [-0.39, 0.29) is 11.9 Å². The van der Waals surface area contributed by atoms with Crippen molar-refractivity contribution < 1.29 is 9.13 Å². The number of hydrogen-bond donors (Lipinski definition) is 0. The van der Waals surface area contributed by atoms with Crippen molar-refractivity contribution in [3.05, 3.63) is 102 Å². The van der Waals surface area contributed by atoms with Crippen LogP contribution in [0.25, 0.3) is 0 Å². The fraction of sp³-hybridized carbons (Fsp3) is 0.269. The maximum Gasteiger partial charge on any atom is 0.173 e. The summed E-state index contributed by atoms with van der Waals surface area (Å²) in [5, 5.41) is 12.6. The van der Waals surface area contributed by atoms with Gasteiger partial charge in [-0.25, -0.2) is 9.07 Å². The molecule has 0 amide bonds. The molecular formula is C26H27FN6O. The highest BCUT2D eigenvalue weighted by molar-refractivity contribution is 5.49. The van der Waals surface area contributed by atoms with Crippen LogP contribution in [0.1, 0.15) is 23.0 Å². The third kappa shape index (κ3) is 4.63. The molecule has 0 N–H and O–H groups in total. The number of ether oxygens (including phenoxy) is 1. The van der Waals surface area contributed by atoms with Crippen molar-refractivity contribution in [3.63, 3.8) is 0 Å². The summed E-state index contributed by atoms with van der Waals surface area (Å²) in [5.41, 5.74) is 2.83. The Balaban J connectivity index is 1.41. The molecule has 1 fully saturated rings. The van der Waals surface area contributed by atoms with Crippen molar-refractivity contribution in [3.8, 4) is 5.75 Å². The van der Waals surface area contributed by atoms with Gasteiger partial charge in [0, 0.05) is 37.4 Å². The summed E-state index contributed by atoms with van der Waals surface area (Å²) in [6, 6.07) is 24.7. The molecule has 1 aromatic heterocycles. The van der Waals surface area contributed by atoms with Crippen LogP contribution in [0.4, 0.5) is 10.1 Å². The third-order valence-electron chi connectivity index (χ3n) is 6.30. The molecule has 0 bridgehead atoms. The van der Waals surface area contributed by atoms with Crippen molar-refractivity contribution in [2.75, 3.05) is 38.2 Å². The molecule has 0 aliphatic carbocycles. The van der Waals surface area contributed by atoms with Crippen LogP contribution in [-0.2, 0) is 6.54 Å². The van der Waals surface area contributed by atoms with Crippen LogP contribution in [0.5, 0.6) is 5.75 Å². The summed E-state index contributed by atoms with van der Waals surface area (Å²) in [5.74, 6) is 1.23. The molecule has 34 heavy (non-hydrogen) atoms. The lowest BCUT2D eigenvalue weighted by Gasteiger charge is -2.40. The van der Waals surface area contributed by atoms with Gasteiger partial charge in [0.25, 0.3) is 0 Å². The Labute approximate surface area is 198 Å². The van der Waals surface area contributed by atoms with Crippen molar-refractivity contribution >= 4 is 5.69 Å². The van der Waals surface area contributed by atoms with E-state index in [9.17, 15) is 0 Å². The SMILES string of the molecule is COc1ccc(N2CCN(C(c3ccccc3F)c3nnnn3Cc3ccccc3)CC2)cc1. The molecule has 3 aromatic carbocycles. The molecule has 174 valence electrons. The van der Waals surface area contributed by atoms with E-state index in [1.54, 1.807) is 17.9 Å².